The first-order valence-corrected chi connectivity index (χ1v) is 6.74. The van der Waals surface area contributed by atoms with Crippen LogP contribution in [0.1, 0.15) is 18.4 Å². The van der Waals surface area contributed by atoms with Crippen molar-refractivity contribution in [1.29, 1.82) is 0 Å². The van der Waals surface area contributed by atoms with Crippen molar-refractivity contribution in [3.8, 4) is 0 Å². The normalized spacial score (nSPS) is 24.5. The molecule has 0 spiro atoms. The van der Waals surface area contributed by atoms with E-state index in [1.165, 1.54) is 5.56 Å². The van der Waals surface area contributed by atoms with Gasteiger partial charge in [-0.2, -0.15) is 0 Å². The van der Waals surface area contributed by atoms with E-state index in [1.807, 2.05) is 23.1 Å². The fourth-order valence-corrected chi connectivity index (χ4v) is 2.73. The summed E-state index contributed by atoms with van der Waals surface area (Å²) in [6, 6.07) is 10.3. The van der Waals surface area contributed by atoms with Crippen molar-refractivity contribution in [3.05, 3.63) is 35.9 Å². The molecule has 1 aliphatic rings. The smallest absolute Gasteiger partial charge is 0.251 e. The van der Waals surface area contributed by atoms with E-state index in [1.54, 1.807) is 14.0 Å². The molecule has 0 saturated carbocycles. The average molecular weight is 262 g/mol. The number of carbonyl (C=O) groups is 1. The standard InChI is InChI=1S/C15H22N2O2/c1-11(19-2)15(18)17-9-13(8-16)14(10-17)12-6-4-3-5-7-12/h3-7,11,13-14H,8-10,16H2,1-2H3/t11?,13-,14+/m1/s1. The van der Waals surface area contributed by atoms with Crippen LogP contribution in [0.3, 0.4) is 0 Å². The molecule has 1 aromatic rings. The minimum atomic E-state index is -0.382. The maximum atomic E-state index is 12.2. The van der Waals surface area contributed by atoms with Gasteiger partial charge in [0, 0.05) is 26.1 Å². The highest BCUT2D eigenvalue weighted by Crippen LogP contribution is 2.32. The first-order valence-electron chi connectivity index (χ1n) is 6.74. The van der Waals surface area contributed by atoms with Crippen molar-refractivity contribution in [1.82, 2.24) is 4.90 Å². The molecule has 1 amide bonds. The van der Waals surface area contributed by atoms with Gasteiger partial charge in [-0.3, -0.25) is 4.79 Å². The molecular weight excluding hydrogens is 240 g/mol. The zero-order chi connectivity index (χ0) is 13.8. The Morgan fingerprint density at radius 2 is 2.11 bits per heavy atom. The highest BCUT2D eigenvalue weighted by molar-refractivity contribution is 5.81. The van der Waals surface area contributed by atoms with Crippen LogP contribution in [0.2, 0.25) is 0 Å². The molecule has 1 fully saturated rings. The Morgan fingerprint density at radius 3 is 2.68 bits per heavy atom. The molecule has 4 nitrogen and oxygen atoms in total. The number of ether oxygens (including phenoxy) is 1. The Labute approximate surface area is 114 Å². The number of nitrogens with two attached hydrogens (primary N) is 1. The van der Waals surface area contributed by atoms with Crippen molar-refractivity contribution in [3.63, 3.8) is 0 Å². The summed E-state index contributed by atoms with van der Waals surface area (Å²) >= 11 is 0. The molecule has 1 aliphatic heterocycles. The van der Waals surface area contributed by atoms with Crippen molar-refractivity contribution < 1.29 is 9.53 Å². The molecule has 4 heteroatoms. The Kier molecular flexibility index (Phi) is 4.56. The molecule has 1 saturated heterocycles. The van der Waals surface area contributed by atoms with E-state index in [4.69, 9.17) is 10.5 Å². The van der Waals surface area contributed by atoms with Crippen molar-refractivity contribution in [2.75, 3.05) is 26.7 Å². The van der Waals surface area contributed by atoms with Crippen LogP contribution in [0.15, 0.2) is 30.3 Å². The lowest BCUT2D eigenvalue weighted by Gasteiger charge is -2.20. The summed E-state index contributed by atoms with van der Waals surface area (Å²) in [5.41, 5.74) is 7.13. The number of hydrogen-bond acceptors (Lipinski definition) is 3. The monoisotopic (exact) mass is 262 g/mol. The maximum Gasteiger partial charge on any atom is 0.251 e. The quantitative estimate of drug-likeness (QED) is 0.887. The summed E-state index contributed by atoms with van der Waals surface area (Å²) in [5, 5.41) is 0. The van der Waals surface area contributed by atoms with Gasteiger partial charge in [0.25, 0.3) is 5.91 Å². The lowest BCUT2D eigenvalue weighted by molar-refractivity contribution is -0.139. The third-order valence-corrected chi connectivity index (χ3v) is 3.98. The minimum absolute atomic E-state index is 0.0550. The number of benzene rings is 1. The first-order chi connectivity index (χ1) is 9.17. The summed E-state index contributed by atoms with van der Waals surface area (Å²) in [5.74, 6) is 0.717. The number of likely N-dealkylation sites (tertiary alicyclic amines) is 1. The number of amides is 1. The second-order valence-electron chi connectivity index (χ2n) is 5.13. The summed E-state index contributed by atoms with van der Waals surface area (Å²) in [6.07, 6.45) is -0.382. The van der Waals surface area contributed by atoms with Gasteiger partial charge in [-0.05, 0) is 24.9 Å². The topological polar surface area (TPSA) is 55.6 Å². The molecule has 19 heavy (non-hydrogen) atoms. The number of carbonyl (C=O) groups excluding carboxylic acids is 1. The van der Waals surface area contributed by atoms with Crippen molar-refractivity contribution in [2.24, 2.45) is 11.7 Å². The molecule has 0 radical (unpaired) electrons. The summed E-state index contributed by atoms with van der Waals surface area (Å²) in [7, 11) is 1.56. The van der Waals surface area contributed by atoms with E-state index in [0.717, 1.165) is 13.1 Å². The lowest BCUT2D eigenvalue weighted by Crippen LogP contribution is -2.37. The largest absolute Gasteiger partial charge is 0.372 e. The second kappa shape index (κ2) is 6.17. The van der Waals surface area contributed by atoms with E-state index in [-0.39, 0.29) is 12.0 Å². The zero-order valence-electron chi connectivity index (χ0n) is 11.6. The van der Waals surface area contributed by atoms with Gasteiger partial charge in [-0.15, -0.1) is 0 Å². The third-order valence-electron chi connectivity index (χ3n) is 3.98. The molecule has 2 rings (SSSR count). The Hall–Kier alpha value is -1.39. The van der Waals surface area contributed by atoms with E-state index < -0.39 is 0 Å². The average Bonchev–Trinajstić information content (AvgIpc) is 2.90. The molecule has 0 aromatic heterocycles. The lowest BCUT2D eigenvalue weighted by atomic mass is 9.89. The summed E-state index contributed by atoms with van der Waals surface area (Å²) < 4.78 is 5.11. The molecule has 1 unspecified atom stereocenters. The molecule has 1 heterocycles. The van der Waals surface area contributed by atoms with Gasteiger partial charge < -0.3 is 15.4 Å². The first kappa shape index (κ1) is 14.0. The molecule has 2 N–H and O–H groups in total. The van der Waals surface area contributed by atoms with Gasteiger partial charge in [0.1, 0.15) is 6.10 Å². The van der Waals surface area contributed by atoms with Gasteiger partial charge in [-0.1, -0.05) is 30.3 Å². The van der Waals surface area contributed by atoms with Crippen LogP contribution in [0, 0.1) is 5.92 Å². The van der Waals surface area contributed by atoms with Crippen LogP contribution < -0.4 is 5.73 Å². The molecule has 104 valence electrons. The minimum Gasteiger partial charge on any atom is -0.372 e. The highest BCUT2D eigenvalue weighted by Gasteiger charge is 2.36. The summed E-state index contributed by atoms with van der Waals surface area (Å²) in [4.78, 5) is 14.1. The van der Waals surface area contributed by atoms with Crippen LogP contribution in [-0.4, -0.2) is 43.7 Å². The van der Waals surface area contributed by atoms with E-state index in [9.17, 15) is 4.79 Å². The summed E-state index contributed by atoms with van der Waals surface area (Å²) in [6.45, 7) is 3.85. The fraction of sp³-hybridized carbons (Fsp3) is 0.533. The van der Waals surface area contributed by atoms with Crippen LogP contribution in [0.4, 0.5) is 0 Å². The van der Waals surface area contributed by atoms with Gasteiger partial charge in [0.05, 0.1) is 0 Å². The van der Waals surface area contributed by atoms with Gasteiger partial charge in [-0.25, -0.2) is 0 Å². The van der Waals surface area contributed by atoms with Gasteiger partial charge >= 0.3 is 0 Å². The Bertz CT molecular complexity index is 421. The van der Waals surface area contributed by atoms with E-state index in [2.05, 4.69) is 12.1 Å². The van der Waals surface area contributed by atoms with E-state index >= 15 is 0 Å². The van der Waals surface area contributed by atoms with Gasteiger partial charge in [0.15, 0.2) is 0 Å². The van der Waals surface area contributed by atoms with Gasteiger partial charge in [0.2, 0.25) is 0 Å². The van der Waals surface area contributed by atoms with Crippen LogP contribution in [-0.2, 0) is 9.53 Å². The van der Waals surface area contributed by atoms with Crippen molar-refractivity contribution >= 4 is 5.91 Å². The van der Waals surface area contributed by atoms with Crippen LogP contribution >= 0.6 is 0 Å². The number of nitrogens with zero attached hydrogens (tertiary/aromatic N) is 1. The SMILES string of the molecule is COC(C)C(=O)N1C[C@@H](CN)[C@H](c2ccccc2)C1. The Balaban J connectivity index is 2.12. The molecule has 1 aromatic carbocycles. The number of hydrogen-bond donors (Lipinski definition) is 1. The van der Waals surface area contributed by atoms with E-state index in [0.29, 0.717) is 18.4 Å². The third kappa shape index (κ3) is 2.96. The number of methoxy groups -OCH3 is 1. The molecular formula is C15H22N2O2. The molecule has 0 aliphatic carbocycles. The predicted molar refractivity (Wildman–Crippen MR) is 74.8 cm³/mol. The maximum absolute atomic E-state index is 12.2. The second-order valence-corrected chi connectivity index (χ2v) is 5.13. The zero-order valence-corrected chi connectivity index (χ0v) is 11.6. The highest BCUT2D eigenvalue weighted by atomic mass is 16.5. The van der Waals surface area contributed by atoms with Crippen LogP contribution in [0.25, 0.3) is 0 Å². The van der Waals surface area contributed by atoms with Crippen molar-refractivity contribution in [2.45, 2.75) is 18.9 Å². The molecule has 3 atom stereocenters. The number of rotatable bonds is 4. The molecule has 0 bridgehead atoms. The fourth-order valence-electron chi connectivity index (χ4n) is 2.73. The predicted octanol–water partition coefficient (Wildman–Crippen LogP) is 1.22. The van der Waals surface area contributed by atoms with Crippen LogP contribution in [0.5, 0.6) is 0 Å². The Morgan fingerprint density at radius 1 is 1.42 bits per heavy atom.